The second kappa shape index (κ2) is 12.8. The highest BCUT2D eigenvalue weighted by molar-refractivity contribution is 6.43. The van der Waals surface area contributed by atoms with Gasteiger partial charge in [-0.2, -0.15) is 0 Å². The lowest BCUT2D eigenvalue weighted by atomic mass is 9.57. The van der Waals surface area contributed by atoms with Crippen LogP contribution in [0.25, 0.3) is 22.4 Å². The smallest absolute Gasteiger partial charge is 0.455 e. The van der Waals surface area contributed by atoms with Crippen molar-refractivity contribution in [1.29, 1.82) is 0 Å². The van der Waals surface area contributed by atoms with Crippen molar-refractivity contribution >= 4 is 41.4 Å². The summed E-state index contributed by atoms with van der Waals surface area (Å²) in [6, 6.07) is 21.9. The molecular formula is C39H44BNO5. The molecule has 2 amide bonds. The Morgan fingerprint density at radius 2 is 1.65 bits per heavy atom. The SMILES string of the molecule is CC(C)C1=C2[C@@H](CC/C(=C/c3ccc(O)c4ccccc34)c3ccccc3)OB(O)C[C@@H]2[C@@H]2C(=O)N(C3CCCCC3)C(=O)[C@@H]2C1. The van der Waals surface area contributed by atoms with Crippen LogP contribution in [0.2, 0.25) is 6.32 Å². The molecule has 0 aromatic heterocycles. The number of hydrogen-bond donors (Lipinski definition) is 2. The van der Waals surface area contributed by atoms with Gasteiger partial charge < -0.3 is 14.8 Å². The fourth-order valence-electron chi connectivity index (χ4n) is 8.83. The van der Waals surface area contributed by atoms with Crippen LogP contribution < -0.4 is 0 Å². The van der Waals surface area contributed by atoms with Crippen LogP contribution >= 0.6 is 0 Å². The highest BCUT2D eigenvalue weighted by Gasteiger charge is 2.58. The van der Waals surface area contributed by atoms with Gasteiger partial charge >= 0.3 is 7.12 Å². The van der Waals surface area contributed by atoms with E-state index >= 15 is 0 Å². The standard InChI is InChI=1S/C39H44BNO5/c1-24(2)31-22-32-37(39(44)41(38(32)43)28-13-7-4-8-14-28)33-23-40(45)46-35(36(31)33)20-18-26(25-11-5-3-6-12-25)21-27-17-19-34(42)30-16-10-9-15-29(27)30/h3,5-6,9-12,15-17,19,21,24,28,32-33,35,37,42,45H,4,7-8,13-14,18,20,22-23H2,1-2H3/b26-21-/t32-,33+,35-,37-/m1/s1. The van der Waals surface area contributed by atoms with Crippen molar-refractivity contribution in [1.82, 2.24) is 4.90 Å². The van der Waals surface area contributed by atoms with E-state index in [4.69, 9.17) is 4.65 Å². The van der Waals surface area contributed by atoms with Gasteiger partial charge in [0.05, 0.1) is 17.9 Å². The Bertz CT molecular complexity index is 1690. The Morgan fingerprint density at radius 3 is 2.39 bits per heavy atom. The molecule has 2 aliphatic carbocycles. The molecule has 4 aliphatic rings. The lowest BCUT2D eigenvalue weighted by Crippen LogP contribution is -2.47. The van der Waals surface area contributed by atoms with Gasteiger partial charge in [0.25, 0.3) is 0 Å². The molecule has 3 aromatic rings. The number of hydrogen-bond acceptors (Lipinski definition) is 5. The van der Waals surface area contributed by atoms with Crippen LogP contribution in [-0.2, 0) is 14.2 Å². The van der Waals surface area contributed by atoms with Gasteiger partial charge in [0, 0.05) is 11.4 Å². The van der Waals surface area contributed by atoms with Crippen LogP contribution in [0.4, 0.5) is 0 Å². The first-order chi connectivity index (χ1) is 22.3. The van der Waals surface area contributed by atoms with E-state index in [1.54, 1.807) is 11.0 Å². The lowest BCUT2D eigenvalue weighted by molar-refractivity contribution is -0.143. The first kappa shape index (κ1) is 31.0. The van der Waals surface area contributed by atoms with Crippen LogP contribution in [0.5, 0.6) is 5.75 Å². The third kappa shape index (κ3) is 5.62. The van der Waals surface area contributed by atoms with E-state index in [9.17, 15) is 19.7 Å². The van der Waals surface area contributed by atoms with Gasteiger partial charge in [0.1, 0.15) is 5.75 Å². The molecule has 0 spiro atoms. The summed E-state index contributed by atoms with van der Waals surface area (Å²) in [5.74, 6) is -0.500. The second-order valence-electron chi connectivity index (χ2n) is 14.0. The van der Waals surface area contributed by atoms with Crippen molar-refractivity contribution in [2.24, 2.45) is 23.7 Å². The quantitative estimate of drug-likeness (QED) is 0.123. The Labute approximate surface area is 272 Å². The van der Waals surface area contributed by atoms with E-state index in [1.165, 1.54) is 12.0 Å². The number of likely N-dealkylation sites (tertiary alicyclic amines) is 1. The zero-order valence-electron chi connectivity index (χ0n) is 26.9. The highest BCUT2D eigenvalue weighted by atomic mass is 16.5. The number of allylic oxidation sites excluding steroid dienone is 2. The number of benzene rings is 3. The summed E-state index contributed by atoms with van der Waals surface area (Å²) in [4.78, 5) is 29.6. The van der Waals surface area contributed by atoms with Gasteiger partial charge in [0.15, 0.2) is 0 Å². The van der Waals surface area contributed by atoms with Crippen molar-refractivity contribution in [3.63, 3.8) is 0 Å². The summed E-state index contributed by atoms with van der Waals surface area (Å²) >= 11 is 0. The van der Waals surface area contributed by atoms with Gasteiger partial charge in [-0.15, -0.1) is 0 Å². The van der Waals surface area contributed by atoms with Crippen LogP contribution in [0.15, 0.2) is 77.9 Å². The molecule has 2 aliphatic heterocycles. The number of fused-ring (bicyclic) bond motifs is 4. The zero-order valence-corrected chi connectivity index (χ0v) is 26.9. The monoisotopic (exact) mass is 617 g/mol. The molecular weight excluding hydrogens is 573 g/mol. The first-order valence-corrected chi connectivity index (χ1v) is 17.2. The predicted octanol–water partition coefficient (Wildman–Crippen LogP) is 7.65. The van der Waals surface area contributed by atoms with E-state index in [0.29, 0.717) is 25.6 Å². The summed E-state index contributed by atoms with van der Waals surface area (Å²) in [6.07, 6.45) is 9.22. The highest BCUT2D eigenvalue weighted by Crippen LogP contribution is 2.53. The van der Waals surface area contributed by atoms with Gasteiger partial charge in [0.2, 0.25) is 11.8 Å². The summed E-state index contributed by atoms with van der Waals surface area (Å²) < 4.78 is 6.34. The molecule has 0 bridgehead atoms. The number of phenolic OH excluding ortho intramolecular Hbond substituents is 1. The molecule has 0 radical (unpaired) electrons. The van der Waals surface area contributed by atoms with Gasteiger partial charge in [-0.1, -0.05) is 105 Å². The Hall–Kier alpha value is -3.68. The molecule has 3 fully saturated rings. The van der Waals surface area contributed by atoms with Crippen molar-refractivity contribution in [3.8, 4) is 5.75 Å². The molecule has 2 N–H and O–H groups in total. The van der Waals surface area contributed by atoms with Gasteiger partial charge in [-0.05, 0) is 84.0 Å². The Balaban J connectivity index is 1.23. The molecule has 2 saturated heterocycles. The van der Waals surface area contributed by atoms with Crippen molar-refractivity contribution in [2.45, 2.75) is 83.7 Å². The Kier molecular flexibility index (Phi) is 8.64. The summed E-state index contributed by atoms with van der Waals surface area (Å²) in [6.45, 7) is 4.35. The molecule has 7 rings (SSSR count). The largest absolute Gasteiger partial charge is 0.507 e. The van der Waals surface area contributed by atoms with E-state index < -0.39 is 13.0 Å². The topological polar surface area (TPSA) is 87.1 Å². The van der Waals surface area contributed by atoms with E-state index in [1.807, 2.05) is 48.5 Å². The number of rotatable bonds is 7. The van der Waals surface area contributed by atoms with E-state index in [2.05, 4.69) is 32.1 Å². The number of nitrogens with zero attached hydrogens (tertiary/aromatic N) is 1. The number of phenols is 1. The minimum absolute atomic E-state index is 0.00653. The van der Waals surface area contributed by atoms with Gasteiger partial charge in [-0.3, -0.25) is 14.5 Å². The molecule has 7 heteroatoms. The van der Waals surface area contributed by atoms with Crippen molar-refractivity contribution in [2.75, 3.05) is 0 Å². The minimum Gasteiger partial charge on any atom is -0.507 e. The maximum Gasteiger partial charge on any atom is 0.455 e. The molecule has 4 atom stereocenters. The van der Waals surface area contributed by atoms with Crippen molar-refractivity contribution in [3.05, 3.63) is 89.0 Å². The lowest BCUT2D eigenvalue weighted by Gasteiger charge is -2.44. The van der Waals surface area contributed by atoms with Crippen molar-refractivity contribution < 1.29 is 24.4 Å². The van der Waals surface area contributed by atoms with E-state index in [-0.39, 0.29) is 47.5 Å². The maximum absolute atomic E-state index is 14.1. The fourth-order valence-corrected chi connectivity index (χ4v) is 8.83. The van der Waals surface area contributed by atoms with Gasteiger partial charge in [-0.25, -0.2) is 0 Å². The van der Waals surface area contributed by atoms with Crippen LogP contribution in [0.1, 0.15) is 76.3 Å². The fraction of sp³-hybridized carbons (Fsp3) is 0.436. The molecule has 46 heavy (non-hydrogen) atoms. The summed E-state index contributed by atoms with van der Waals surface area (Å²) in [5.41, 5.74) is 5.64. The molecule has 1 saturated carbocycles. The molecule has 3 aromatic carbocycles. The number of imide groups is 1. The molecule has 238 valence electrons. The third-order valence-electron chi connectivity index (χ3n) is 11.0. The van der Waals surface area contributed by atoms with Crippen LogP contribution in [0.3, 0.4) is 0 Å². The first-order valence-electron chi connectivity index (χ1n) is 17.2. The predicted molar refractivity (Wildman–Crippen MR) is 182 cm³/mol. The number of aromatic hydroxyl groups is 1. The summed E-state index contributed by atoms with van der Waals surface area (Å²) in [5, 5.41) is 23.4. The number of carbonyl (C=O) groups excluding carboxylic acids is 2. The molecule has 2 heterocycles. The number of amides is 2. The zero-order chi connectivity index (χ0) is 31.9. The molecule has 6 nitrogen and oxygen atoms in total. The average molecular weight is 618 g/mol. The number of carbonyl (C=O) groups is 2. The Morgan fingerprint density at radius 1 is 0.935 bits per heavy atom. The maximum atomic E-state index is 14.1. The summed E-state index contributed by atoms with van der Waals surface area (Å²) in [7, 11) is -0.984. The minimum atomic E-state index is -0.984. The third-order valence-corrected chi connectivity index (χ3v) is 11.0. The van der Waals surface area contributed by atoms with Crippen LogP contribution in [0, 0.1) is 23.7 Å². The van der Waals surface area contributed by atoms with E-state index in [0.717, 1.165) is 58.7 Å². The second-order valence-corrected chi connectivity index (χ2v) is 14.0. The average Bonchev–Trinajstić information content (AvgIpc) is 3.33. The molecule has 0 unspecified atom stereocenters. The van der Waals surface area contributed by atoms with Crippen LogP contribution in [-0.4, -0.2) is 46.1 Å². The normalized spacial score (nSPS) is 25.9.